The van der Waals surface area contributed by atoms with Crippen molar-refractivity contribution in [3.05, 3.63) is 23.8 Å². The number of carbonyl (C=O) groups excluding carboxylic acids is 2. The van der Waals surface area contributed by atoms with E-state index in [1.807, 2.05) is 13.0 Å². The number of thioether (sulfide) groups is 1. The maximum atomic E-state index is 12.0. The molecule has 0 bridgehead atoms. The average Bonchev–Trinajstić information content (AvgIpc) is 2.44. The number of nitrogens with one attached hydrogen (secondary N) is 2. The normalized spacial score (nSPS) is 16.5. The summed E-state index contributed by atoms with van der Waals surface area (Å²) in [7, 11) is 0. The van der Waals surface area contributed by atoms with Crippen molar-refractivity contribution < 1.29 is 9.59 Å². The molecule has 0 aliphatic carbocycles. The molecule has 0 spiro atoms. The number of unbranched alkanes of at least 4 members (excludes halogenated alkanes) is 1. The van der Waals surface area contributed by atoms with Gasteiger partial charge in [0.05, 0.1) is 10.9 Å². The molecule has 7 heteroatoms. The monoisotopic (exact) mass is 329 g/mol. The number of amides is 2. The number of fused-ring (bicyclic) bond motifs is 1. The van der Waals surface area contributed by atoms with E-state index >= 15 is 0 Å². The van der Waals surface area contributed by atoms with Crippen LogP contribution in [0.25, 0.3) is 0 Å². The van der Waals surface area contributed by atoms with Gasteiger partial charge in [0.2, 0.25) is 5.91 Å². The fourth-order valence-electron chi connectivity index (χ4n) is 1.92. The molecule has 1 aromatic carbocycles. The lowest BCUT2D eigenvalue weighted by molar-refractivity contribution is -0.115. The molecular formula is C14H20ClN3O2S. The highest BCUT2D eigenvalue weighted by molar-refractivity contribution is 8.00. The predicted octanol–water partition coefficient (Wildman–Crippen LogP) is 2.01. The van der Waals surface area contributed by atoms with E-state index in [-0.39, 0.29) is 29.5 Å². The highest BCUT2D eigenvalue weighted by Gasteiger charge is 2.23. The molecule has 5 nitrogen and oxygen atoms in total. The van der Waals surface area contributed by atoms with E-state index < -0.39 is 0 Å². The number of carbonyl (C=O) groups is 2. The number of anilines is 1. The Labute approximate surface area is 134 Å². The van der Waals surface area contributed by atoms with E-state index in [0.717, 1.165) is 17.7 Å². The fourth-order valence-corrected chi connectivity index (χ4v) is 2.85. The van der Waals surface area contributed by atoms with E-state index in [2.05, 4.69) is 10.6 Å². The number of nitrogens with two attached hydrogens (primary N) is 1. The minimum absolute atomic E-state index is 0. The summed E-state index contributed by atoms with van der Waals surface area (Å²) in [6.45, 7) is 3.11. The third-order valence-electron chi connectivity index (χ3n) is 3.09. The zero-order chi connectivity index (χ0) is 14.5. The molecule has 1 unspecified atom stereocenters. The van der Waals surface area contributed by atoms with Gasteiger partial charge in [0.25, 0.3) is 5.91 Å². The molecule has 1 atom stereocenters. The van der Waals surface area contributed by atoms with Crippen molar-refractivity contribution in [1.29, 1.82) is 0 Å². The first kappa shape index (κ1) is 17.8. The number of rotatable bonds is 5. The number of hydrogen-bond acceptors (Lipinski definition) is 4. The van der Waals surface area contributed by atoms with Gasteiger partial charge in [0.1, 0.15) is 0 Å². The summed E-state index contributed by atoms with van der Waals surface area (Å²) in [5.41, 5.74) is 6.68. The van der Waals surface area contributed by atoms with Crippen LogP contribution in [0.5, 0.6) is 0 Å². The van der Waals surface area contributed by atoms with Crippen molar-refractivity contribution in [2.75, 3.05) is 18.4 Å². The maximum Gasteiger partial charge on any atom is 0.251 e. The van der Waals surface area contributed by atoms with Crippen LogP contribution < -0.4 is 16.4 Å². The second-order valence-corrected chi connectivity index (χ2v) is 6.09. The first-order valence-corrected chi connectivity index (χ1v) is 7.59. The van der Waals surface area contributed by atoms with Gasteiger partial charge in [-0.2, -0.15) is 0 Å². The molecule has 1 heterocycles. The van der Waals surface area contributed by atoms with Crippen LogP contribution in [0.2, 0.25) is 0 Å². The second kappa shape index (κ2) is 8.26. The van der Waals surface area contributed by atoms with Crippen molar-refractivity contribution in [3.63, 3.8) is 0 Å². The van der Waals surface area contributed by atoms with Gasteiger partial charge >= 0.3 is 0 Å². The SMILES string of the molecule is CC1Sc2ccc(C(=O)NCCCCN)cc2NC1=O.Cl. The van der Waals surface area contributed by atoms with E-state index in [0.29, 0.717) is 24.3 Å². The molecule has 2 rings (SSSR count). The van der Waals surface area contributed by atoms with E-state index in [1.54, 1.807) is 12.1 Å². The largest absolute Gasteiger partial charge is 0.352 e. The molecule has 1 aliphatic heterocycles. The predicted molar refractivity (Wildman–Crippen MR) is 88.3 cm³/mol. The van der Waals surface area contributed by atoms with Gasteiger partial charge in [0.15, 0.2) is 0 Å². The Bertz CT molecular complexity index is 525. The highest BCUT2D eigenvalue weighted by Crippen LogP contribution is 2.35. The van der Waals surface area contributed by atoms with Crippen LogP contribution in [-0.4, -0.2) is 30.2 Å². The third kappa shape index (κ3) is 4.62. The van der Waals surface area contributed by atoms with Crippen molar-refractivity contribution in [1.82, 2.24) is 5.32 Å². The minimum atomic E-state index is -0.123. The molecule has 0 fully saturated rings. The van der Waals surface area contributed by atoms with E-state index in [4.69, 9.17) is 5.73 Å². The fraction of sp³-hybridized carbons (Fsp3) is 0.429. The summed E-state index contributed by atoms with van der Waals surface area (Å²) < 4.78 is 0. The van der Waals surface area contributed by atoms with Crippen LogP contribution in [0.4, 0.5) is 5.69 Å². The molecule has 21 heavy (non-hydrogen) atoms. The molecule has 116 valence electrons. The van der Waals surface area contributed by atoms with Crippen molar-refractivity contribution in [2.45, 2.75) is 29.9 Å². The Hall–Kier alpha value is -1.24. The third-order valence-corrected chi connectivity index (χ3v) is 4.27. The van der Waals surface area contributed by atoms with Crippen molar-refractivity contribution >= 4 is 41.7 Å². The standard InChI is InChI=1S/C14H19N3O2S.ClH/c1-9-13(18)17-11-8-10(4-5-12(11)20-9)14(19)16-7-3-2-6-15;/h4-5,8-9H,2-3,6-7,15H2,1H3,(H,16,19)(H,17,18);1H. The molecule has 0 radical (unpaired) electrons. The molecule has 4 N–H and O–H groups in total. The minimum Gasteiger partial charge on any atom is -0.352 e. The molecular weight excluding hydrogens is 310 g/mol. The lowest BCUT2D eigenvalue weighted by atomic mass is 10.1. The van der Waals surface area contributed by atoms with Crippen LogP contribution in [0.1, 0.15) is 30.1 Å². The quantitative estimate of drug-likeness (QED) is 0.721. The summed E-state index contributed by atoms with van der Waals surface area (Å²) in [4.78, 5) is 24.6. The summed E-state index contributed by atoms with van der Waals surface area (Å²) in [6, 6.07) is 5.39. The van der Waals surface area contributed by atoms with Crippen LogP contribution in [0, 0.1) is 0 Å². The topological polar surface area (TPSA) is 84.2 Å². The smallest absolute Gasteiger partial charge is 0.251 e. The molecule has 0 aromatic heterocycles. The first-order chi connectivity index (χ1) is 9.61. The summed E-state index contributed by atoms with van der Waals surface area (Å²) in [6.07, 6.45) is 1.77. The second-order valence-electron chi connectivity index (χ2n) is 4.71. The van der Waals surface area contributed by atoms with Gasteiger partial charge in [-0.3, -0.25) is 9.59 Å². The van der Waals surface area contributed by atoms with Crippen LogP contribution >= 0.6 is 24.2 Å². The Morgan fingerprint density at radius 3 is 2.90 bits per heavy atom. The lowest BCUT2D eigenvalue weighted by Crippen LogP contribution is -2.28. The van der Waals surface area contributed by atoms with Gasteiger partial charge in [0, 0.05) is 17.0 Å². The van der Waals surface area contributed by atoms with Crippen LogP contribution in [-0.2, 0) is 4.79 Å². The van der Waals surface area contributed by atoms with Gasteiger partial charge in [-0.1, -0.05) is 0 Å². The summed E-state index contributed by atoms with van der Waals surface area (Å²) in [5, 5.41) is 5.57. The lowest BCUT2D eigenvalue weighted by Gasteiger charge is -2.21. The van der Waals surface area contributed by atoms with E-state index in [9.17, 15) is 9.59 Å². The number of halogens is 1. The van der Waals surface area contributed by atoms with Gasteiger partial charge in [-0.15, -0.1) is 24.2 Å². The number of hydrogen-bond donors (Lipinski definition) is 3. The van der Waals surface area contributed by atoms with Gasteiger partial charge in [-0.05, 0) is 44.5 Å². The highest BCUT2D eigenvalue weighted by atomic mass is 35.5. The van der Waals surface area contributed by atoms with Gasteiger partial charge in [-0.25, -0.2) is 0 Å². The van der Waals surface area contributed by atoms with Crippen molar-refractivity contribution in [3.8, 4) is 0 Å². The molecule has 0 saturated heterocycles. The summed E-state index contributed by atoms with van der Waals surface area (Å²) in [5.74, 6) is -0.148. The molecule has 1 aliphatic rings. The Morgan fingerprint density at radius 2 is 2.19 bits per heavy atom. The van der Waals surface area contributed by atoms with Crippen LogP contribution in [0.15, 0.2) is 23.1 Å². The maximum absolute atomic E-state index is 12.0. The molecule has 2 amide bonds. The Morgan fingerprint density at radius 1 is 1.43 bits per heavy atom. The average molecular weight is 330 g/mol. The van der Waals surface area contributed by atoms with E-state index in [1.165, 1.54) is 11.8 Å². The number of benzene rings is 1. The zero-order valence-corrected chi connectivity index (χ0v) is 13.5. The molecule has 1 aromatic rings. The van der Waals surface area contributed by atoms with Crippen LogP contribution in [0.3, 0.4) is 0 Å². The zero-order valence-electron chi connectivity index (χ0n) is 11.8. The molecule has 0 saturated carbocycles. The first-order valence-electron chi connectivity index (χ1n) is 6.71. The van der Waals surface area contributed by atoms with Gasteiger partial charge < -0.3 is 16.4 Å². The van der Waals surface area contributed by atoms with Crippen molar-refractivity contribution in [2.24, 2.45) is 5.73 Å². The summed E-state index contributed by atoms with van der Waals surface area (Å²) >= 11 is 1.51. The Kier molecular flexibility index (Phi) is 7.01. The Balaban J connectivity index is 0.00000220.